The van der Waals surface area contributed by atoms with Crippen molar-refractivity contribution in [2.45, 2.75) is 6.92 Å². The highest BCUT2D eigenvalue weighted by Crippen LogP contribution is 2.30. The van der Waals surface area contributed by atoms with Crippen LogP contribution in [0.15, 0.2) is 71.5 Å². The molecule has 0 spiro atoms. The molecule has 2 aromatic heterocycles. The van der Waals surface area contributed by atoms with Crippen LogP contribution in [0.3, 0.4) is 0 Å². The minimum Gasteiger partial charge on any atom is -0.463 e. The van der Waals surface area contributed by atoms with E-state index >= 15 is 0 Å². The zero-order valence-electron chi connectivity index (χ0n) is 15.4. The number of hydrogen-bond acceptors (Lipinski definition) is 4. The second kappa shape index (κ2) is 7.71. The third-order valence-electron chi connectivity index (χ3n) is 4.37. The number of halogens is 2. The van der Waals surface area contributed by atoms with Crippen LogP contribution in [0.2, 0.25) is 0 Å². The van der Waals surface area contributed by atoms with Crippen LogP contribution in [-0.2, 0) is 4.74 Å². The molecule has 4 aromatic rings. The molecule has 0 saturated heterocycles. The molecule has 0 N–H and O–H groups in total. The average Bonchev–Trinajstić information content (AvgIpc) is 3.38. The molecule has 2 heterocycles. The number of carbonyl (C=O) groups excluding carboxylic acids is 1. The molecule has 146 valence electrons. The predicted molar refractivity (Wildman–Crippen MR) is 103 cm³/mol. The lowest BCUT2D eigenvalue weighted by Gasteiger charge is -2.10. The van der Waals surface area contributed by atoms with Crippen LogP contribution in [0.5, 0.6) is 0 Å². The van der Waals surface area contributed by atoms with Crippen LogP contribution in [0.25, 0.3) is 28.3 Å². The maximum Gasteiger partial charge on any atom is 0.342 e. The molecule has 0 atom stereocenters. The average molecular weight is 394 g/mol. The van der Waals surface area contributed by atoms with Gasteiger partial charge in [0.2, 0.25) is 0 Å². The Balaban J connectivity index is 1.80. The lowest BCUT2D eigenvalue weighted by molar-refractivity contribution is 0.0527. The number of ether oxygens (including phenoxy) is 1. The van der Waals surface area contributed by atoms with Crippen molar-refractivity contribution in [2.75, 3.05) is 6.61 Å². The van der Waals surface area contributed by atoms with E-state index in [2.05, 4.69) is 5.10 Å². The van der Waals surface area contributed by atoms with Gasteiger partial charge >= 0.3 is 5.97 Å². The fourth-order valence-electron chi connectivity index (χ4n) is 3.05. The third kappa shape index (κ3) is 3.54. The number of rotatable bonds is 5. The van der Waals surface area contributed by atoms with Gasteiger partial charge in [-0.1, -0.05) is 12.1 Å². The zero-order valence-corrected chi connectivity index (χ0v) is 15.4. The maximum absolute atomic E-state index is 14.8. The summed E-state index contributed by atoms with van der Waals surface area (Å²) in [6, 6.07) is 13.5. The summed E-state index contributed by atoms with van der Waals surface area (Å²) >= 11 is 0. The smallest absolute Gasteiger partial charge is 0.342 e. The minimum absolute atomic E-state index is 0.211. The fourth-order valence-corrected chi connectivity index (χ4v) is 3.05. The van der Waals surface area contributed by atoms with Gasteiger partial charge in [-0.15, -0.1) is 0 Å². The molecule has 0 amide bonds. The molecule has 0 fully saturated rings. The largest absolute Gasteiger partial charge is 0.463 e. The molecule has 29 heavy (non-hydrogen) atoms. The summed E-state index contributed by atoms with van der Waals surface area (Å²) in [4.78, 5) is 12.3. The van der Waals surface area contributed by atoms with Crippen molar-refractivity contribution in [2.24, 2.45) is 0 Å². The second-order valence-corrected chi connectivity index (χ2v) is 6.19. The van der Waals surface area contributed by atoms with E-state index in [4.69, 9.17) is 9.15 Å². The van der Waals surface area contributed by atoms with Gasteiger partial charge in [-0.05, 0) is 48.9 Å². The predicted octanol–water partition coefficient (Wildman–Crippen LogP) is 5.25. The van der Waals surface area contributed by atoms with Crippen molar-refractivity contribution in [3.8, 4) is 28.3 Å². The summed E-state index contributed by atoms with van der Waals surface area (Å²) in [5, 5.41) is 4.24. The highest BCUT2D eigenvalue weighted by atomic mass is 19.1. The SMILES string of the molecule is CCOC(=O)c1cnn(-c2ccc(-c3ccc(F)cc3)c(F)c2)c1-c1ccco1. The van der Waals surface area contributed by atoms with Crippen molar-refractivity contribution in [3.63, 3.8) is 0 Å². The summed E-state index contributed by atoms with van der Waals surface area (Å²) in [5.74, 6) is -1.05. The zero-order chi connectivity index (χ0) is 20.4. The molecule has 0 saturated carbocycles. The van der Waals surface area contributed by atoms with E-state index in [1.165, 1.54) is 47.5 Å². The number of aromatic nitrogens is 2. The van der Waals surface area contributed by atoms with Gasteiger partial charge in [0, 0.05) is 11.6 Å². The van der Waals surface area contributed by atoms with Gasteiger partial charge in [-0.2, -0.15) is 5.10 Å². The number of nitrogens with zero attached hydrogens (tertiary/aromatic N) is 2. The molecule has 5 nitrogen and oxygen atoms in total. The van der Waals surface area contributed by atoms with E-state index < -0.39 is 17.6 Å². The Hall–Kier alpha value is -3.74. The number of hydrogen-bond donors (Lipinski definition) is 0. The number of carbonyl (C=O) groups is 1. The molecule has 0 unspecified atom stereocenters. The quantitative estimate of drug-likeness (QED) is 0.434. The highest BCUT2D eigenvalue weighted by Gasteiger charge is 2.23. The molecule has 0 bridgehead atoms. The first-order valence-corrected chi connectivity index (χ1v) is 8.93. The maximum atomic E-state index is 14.8. The molecule has 2 aromatic carbocycles. The monoisotopic (exact) mass is 394 g/mol. The van der Waals surface area contributed by atoms with Crippen molar-refractivity contribution < 1.29 is 22.7 Å². The summed E-state index contributed by atoms with van der Waals surface area (Å²) in [6.45, 7) is 1.92. The van der Waals surface area contributed by atoms with Crippen molar-refractivity contribution >= 4 is 5.97 Å². The summed E-state index contributed by atoms with van der Waals surface area (Å²) in [6.07, 6.45) is 2.83. The van der Waals surface area contributed by atoms with Crippen LogP contribution < -0.4 is 0 Å². The van der Waals surface area contributed by atoms with E-state index in [1.54, 1.807) is 31.2 Å². The van der Waals surface area contributed by atoms with Gasteiger partial charge in [0.25, 0.3) is 0 Å². The fraction of sp³-hybridized carbons (Fsp3) is 0.0909. The topological polar surface area (TPSA) is 57.3 Å². The lowest BCUT2D eigenvalue weighted by atomic mass is 10.0. The van der Waals surface area contributed by atoms with E-state index in [1.807, 2.05) is 0 Å². The Bertz CT molecular complexity index is 1150. The lowest BCUT2D eigenvalue weighted by Crippen LogP contribution is -2.07. The summed E-state index contributed by atoms with van der Waals surface area (Å²) < 4.78 is 39.9. The molecule has 4 rings (SSSR count). The first-order chi connectivity index (χ1) is 14.1. The van der Waals surface area contributed by atoms with Crippen LogP contribution in [0, 0.1) is 11.6 Å². The van der Waals surface area contributed by atoms with Gasteiger partial charge in [-0.3, -0.25) is 0 Å². The summed E-state index contributed by atoms with van der Waals surface area (Å²) in [5.41, 5.74) is 1.85. The van der Waals surface area contributed by atoms with Crippen molar-refractivity contribution in [1.82, 2.24) is 9.78 Å². The van der Waals surface area contributed by atoms with Crippen molar-refractivity contribution in [3.05, 3.63) is 84.3 Å². The Labute approximate surface area is 165 Å². The molecule has 7 heteroatoms. The van der Waals surface area contributed by atoms with Crippen LogP contribution >= 0.6 is 0 Å². The number of esters is 1. The van der Waals surface area contributed by atoms with E-state index in [9.17, 15) is 13.6 Å². The molecule has 0 aliphatic heterocycles. The van der Waals surface area contributed by atoms with Gasteiger partial charge in [0.1, 0.15) is 22.9 Å². The molecule has 0 radical (unpaired) electrons. The third-order valence-corrected chi connectivity index (χ3v) is 4.37. The Morgan fingerprint density at radius 2 is 1.93 bits per heavy atom. The molecular weight excluding hydrogens is 378 g/mol. The van der Waals surface area contributed by atoms with Gasteiger partial charge in [0.15, 0.2) is 5.76 Å². The van der Waals surface area contributed by atoms with E-state index in [0.29, 0.717) is 28.3 Å². The first-order valence-electron chi connectivity index (χ1n) is 8.93. The number of benzene rings is 2. The van der Waals surface area contributed by atoms with E-state index in [0.717, 1.165) is 0 Å². The second-order valence-electron chi connectivity index (χ2n) is 6.19. The summed E-state index contributed by atoms with van der Waals surface area (Å²) in [7, 11) is 0. The highest BCUT2D eigenvalue weighted by molar-refractivity contribution is 5.95. The Morgan fingerprint density at radius 1 is 1.14 bits per heavy atom. The van der Waals surface area contributed by atoms with Crippen LogP contribution in [-0.4, -0.2) is 22.4 Å². The number of furan rings is 1. The van der Waals surface area contributed by atoms with Crippen LogP contribution in [0.1, 0.15) is 17.3 Å². The van der Waals surface area contributed by atoms with Gasteiger partial charge in [-0.25, -0.2) is 18.3 Å². The van der Waals surface area contributed by atoms with E-state index in [-0.39, 0.29) is 12.2 Å². The molecule has 0 aliphatic rings. The Kier molecular flexibility index (Phi) is 4.95. The molecular formula is C22H16F2N2O3. The minimum atomic E-state index is -0.548. The van der Waals surface area contributed by atoms with Crippen molar-refractivity contribution in [1.29, 1.82) is 0 Å². The first kappa shape index (κ1) is 18.6. The van der Waals surface area contributed by atoms with Crippen LogP contribution in [0.4, 0.5) is 8.78 Å². The standard InChI is InChI=1S/C22H16F2N2O3/c1-2-28-22(27)18-13-25-26(21(18)20-4-3-11-29-20)16-9-10-17(19(24)12-16)14-5-7-15(23)8-6-14/h3-13H,2H2,1H3. The van der Waals surface area contributed by atoms with Gasteiger partial charge in [0.05, 0.1) is 24.8 Å². The normalized spacial score (nSPS) is 10.9. The van der Waals surface area contributed by atoms with Gasteiger partial charge < -0.3 is 9.15 Å². The molecule has 0 aliphatic carbocycles. The Morgan fingerprint density at radius 3 is 2.59 bits per heavy atom.